The van der Waals surface area contributed by atoms with E-state index in [4.69, 9.17) is 11.6 Å². The molecule has 2 fully saturated rings. The van der Waals surface area contributed by atoms with E-state index in [1.54, 1.807) is 8.61 Å². The second kappa shape index (κ2) is 7.25. The van der Waals surface area contributed by atoms with Gasteiger partial charge in [0.25, 0.3) is 10.2 Å². The van der Waals surface area contributed by atoms with E-state index < -0.39 is 10.2 Å². The number of rotatable bonds is 5. The van der Waals surface area contributed by atoms with Crippen LogP contribution in [0.15, 0.2) is 0 Å². The van der Waals surface area contributed by atoms with Gasteiger partial charge in [-0.25, -0.2) is 0 Å². The van der Waals surface area contributed by atoms with Crippen molar-refractivity contribution in [2.75, 3.05) is 25.5 Å². The topological polar surface area (TPSA) is 40.6 Å². The third-order valence-electron chi connectivity index (χ3n) is 4.22. The molecule has 0 spiro atoms. The molecule has 1 saturated carbocycles. The highest BCUT2D eigenvalue weighted by molar-refractivity contribution is 7.86. The molecule has 2 aliphatic rings. The molecule has 1 aliphatic carbocycles. The number of halogens is 1. The van der Waals surface area contributed by atoms with E-state index in [-0.39, 0.29) is 6.04 Å². The summed E-state index contributed by atoms with van der Waals surface area (Å²) >= 11 is 5.84. The Morgan fingerprint density at radius 2 is 1.58 bits per heavy atom. The van der Waals surface area contributed by atoms with E-state index in [0.29, 0.717) is 25.5 Å². The van der Waals surface area contributed by atoms with Gasteiger partial charge in [0.05, 0.1) is 0 Å². The lowest BCUT2D eigenvalue weighted by molar-refractivity contribution is 0.233. The molecule has 4 nitrogen and oxygen atoms in total. The van der Waals surface area contributed by atoms with Crippen molar-refractivity contribution in [3.05, 3.63) is 0 Å². The molecule has 112 valence electrons. The minimum Gasteiger partial charge on any atom is -0.195 e. The van der Waals surface area contributed by atoms with E-state index in [1.165, 1.54) is 6.42 Å². The Bertz CT molecular complexity index is 363. The standard InChI is InChI=1S/C13H25ClN2O2S/c14-9-12-16(13-7-3-1-4-8-13)19(17,18)15-10-5-2-6-11-15/h13H,1-12H2. The minimum atomic E-state index is -3.30. The van der Waals surface area contributed by atoms with Crippen molar-refractivity contribution in [3.8, 4) is 0 Å². The quantitative estimate of drug-likeness (QED) is 0.733. The third-order valence-corrected chi connectivity index (χ3v) is 6.48. The van der Waals surface area contributed by atoms with E-state index in [2.05, 4.69) is 0 Å². The van der Waals surface area contributed by atoms with Crippen LogP contribution in [-0.2, 0) is 10.2 Å². The maximum Gasteiger partial charge on any atom is 0.282 e. The van der Waals surface area contributed by atoms with Crippen LogP contribution in [0.4, 0.5) is 0 Å². The molecule has 0 aromatic rings. The lowest BCUT2D eigenvalue weighted by Crippen LogP contribution is -2.51. The number of alkyl halides is 1. The van der Waals surface area contributed by atoms with Crippen LogP contribution >= 0.6 is 11.6 Å². The largest absolute Gasteiger partial charge is 0.282 e. The first-order chi connectivity index (χ1) is 9.16. The molecule has 1 saturated heterocycles. The number of nitrogens with zero attached hydrogens (tertiary/aromatic N) is 2. The third kappa shape index (κ3) is 3.84. The van der Waals surface area contributed by atoms with E-state index in [9.17, 15) is 8.42 Å². The van der Waals surface area contributed by atoms with Crippen molar-refractivity contribution in [1.82, 2.24) is 8.61 Å². The summed E-state index contributed by atoms with van der Waals surface area (Å²) in [6.07, 6.45) is 8.60. The number of piperidine rings is 1. The fourth-order valence-electron chi connectivity index (χ4n) is 3.18. The number of hydrogen-bond donors (Lipinski definition) is 0. The van der Waals surface area contributed by atoms with Crippen LogP contribution in [0, 0.1) is 0 Å². The fourth-order valence-corrected chi connectivity index (χ4v) is 5.39. The first kappa shape index (κ1) is 15.5. The van der Waals surface area contributed by atoms with Crippen LogP contribution in [0.25, 0.3) is 0 Å². The minimum absolute atomic E-state index is 0.166. The van der Waals surface area contributed by atoms with E-state index in [0.717, 1.165) is 44.9 Å². The first-order valence-electron chi connectivity index (χ1n) is 7.49. The summed E-state index contributed by atoms with van der Waals surface area (Å²) in [5.74, 6) is 0.379. The predicted molar refractivity (Wildman–Crippen MR) is 78.6 cm³/mol. The normalized spacial score (nSPS) is 23.9. The molecule has 0 N–H and O–H groups in total. The van der Waals surface area contributed by atoms with Crippen LogP contribution in [0.3, 0.4) is 0 Å². The zero-order chi connectivity index (χ0) is 13.7. The Kier molecular flexibility index (Phi) is 5.93. The summed E-state index contributed by atoms with van der Waals surface area (Å²) in [4.78, 5) is 0. The van der Waals surface area contributed by atoms with Gasteiger partial charge < -0.3 is 0 Å². The van der Waals surface area contributed by atoms with Crippen LogP contribution in [0.2, 0.25) is 0 Å². The highest BCUT2D eigenvalue weighted by Crippen LogP contribution is 2.27. The smallest absolute Gasteiger partial charge is 0.195 e. The van der Waals surface area contributed by atoms with Crippen molar-refractivity contribution in [3.63, 3.8) is 0 Å². The molecule has 0 unspecified atom stereocenters. The Morgan fingerprint density at radius 3 is 2.16 bits per heavy atom. The van der Waals surface area contributed by atoms with Gasteiger partial charge in [0, 0.05) is 31.6 Å². The molecule has 0 radical (unpaired) electrons. The second-order valence-corrected chi connectivity index (χ2v) is 7.82. The van der Waals surface area contributed by atoms with Crippen molar-refractivity contribution < 1.29 is 8.42 Å². The first-order valence-corrected chi connectivity index (χ1v) is 9.42. The van der Waals surface area contributed by atoms with Crippen LogP contribution < -0.4 is 0 Å². The number of hydrogen-bond acceptors (Lipinski definition) is 2. The Morgan fingerprint density at radius 1 is 1.00 bits per heavy atom. The van der Waals surface area contributed by atoms with Crippen molar-refractivity contribution in [2.45, 2.75) is 57.4 Å². The molecular formula is C13H25ClN2O2S. The van der Waals surface area contributed by atoms with Crippen LogP contribution in [-0.4, -0.2) is 48.6 Å². The maximum absolute atomic E-state index is 12.8. The molecular weight excluding hydrogens is 284 g/mol. The van der Waals surface area contributed by atoms with Gasteiger partial charge in [-0.05, 0) is 25.7 Å². The molecule has 1 aliphatic heterocycles. The molecule has 2 rings (SSSR count). The van der Waals surface area contributed by atoms with Crippen molar-refractivity contribution >= 4 is 21.8 Å². The Hall–Kier alpha value is 0.160. The van der Waals surface area contributed by atoms with Crippen LogP contribution in [0.5, 0.6) is 0 Å². The van der Waals surface area contributed by atoms with E-state index >= 15 is 0 Å². The van der Waals surface area contributed by atoms with Gasteiger partial charge in [-0.1, -0.05) is 25.7 Å². The van der Waals surface area contributed by atoms with Crippen molar-refractivity contribution in [1.29, 1.82) is 0 Å². The molecule has 0 aromatic carbocycles. The van der Waals surface area contributed by atoms with Gasteiger partial charge >= 0.3 is 0 Å². The average molecular weight is 309 g/mol. The van der Waals surface area contributed by atoms with Crippen LogP contribution in [0.1, 0.15) is 51.4 Å². The molecule has 6 heteroatoms. The molecule has 0 amide bonds. The van der Waals surface area contributed by atoms with Crippen molar-refractivity contribution in [2.24, 2.45) is 0 Å². The summed E-state index contributed by atoms with van der Waals surface area (Å²) in [6, 6.07) is 0.166. The summed E-state index contributed by atoms with van der Waals surface area (Å²) in [7, 11) is -3.30. The predicted octanol–water partition coefficient (Wildman–Crippen LogP) is 2.59. The summed E-state index contributed by atoms with van der Waals surface area (Å²) in [6.45, 7) is 1.80. The molecule has 0 atom stereocenters. The van der Waals surface area contributed by atoms with Gasteiger partial charge in [0.1, 0.15) is 0 Å². The van der Waals surface area contributed by atoms with Gasteiger partial charge in [0.15, 0.2) is 0 Å². The van der Waals surface area contributed by atoms with Gasteiger partial charge in [-0.2, -0.15) is 17.0 Å². The zero-order valence-electron chi connectivity index (χ0n) is 11.6. The van der Waals surface area contributed by atoms with Gasteiger partial charge in [0.2, 0.25) is 0 Å². The SMILES string of the molecule is O=S(=O)(N1CCCCC1)N(CCCl)C1CCCCC1. The van der Waals surface area contributed by atoms with E-state index in [1.807, 2.05) is 0 Å². The van der Waals surface area contributed by atoms with Gasteiger partial charge in [-0.15, -0.1) is 11.6 Å². The molecule has 19 heavy (non-hydrogen) atoms. The lowest BCUT2D eigenvalue weighted by atomic mass is 9.95. The summed E-state index contributed by atoms with van der Waals surface area (Å²) in [5.41, 5.74) is 0. The monoisotopic (exact) mass is 308 g/mol. The molecule has 0 aromatic heterocycles. The Balaban J connectivity index is 2.11. The summed E-state index contributed by atoms with van der Waals surface area (Å²) < 4.78 is 28.9. The van der Waals surface area contributed by atoms with Gasteiger partial charge in [-0.3, -0.25) is 0 Å². The molecule has 0 bridgehead atoms. The highest BCUT2D eigenvalue weighted by Gasteiger charge is 2.35. The summed E-state index contributed by atoms with van der Waals surface area (Å²) in [5, 5.41) is 0. The fraction of sp³-hybridized carbons (Fsp3) is 1.00. The molecule has 1 heterocycles. The Labute approximate surface area is 122 Å². The average Bonchev–Trinajstić information content (AvgIpc) is 2.46. The lowest BCUT2D eigenvalue weighted by Gasteiger charge is -2.37. The zero-order valence-corrected chi connectivity index (χ0v) is 13.1. The highest BCUT2D eigenvalue weighted by atomic mass is 35.5. The second-order valence-electron chi connectivity index (χ2n) is 5.56. The maximum atomic E-state index is 12.8.